The lowest BCUT2D eigenvalue weighted by molar-refractivity contribution is 0.379. The number of alkyl halides is 1. The minimum absolute atomic E-state index is 0.394. The van der Waals surface area contributed by atoms with E-state index in [0.29, 0.717) is 36.2 Å². The smallest absolute Gasteiger partial charge is 0.222 e. The third kappa shape index (κ3) is 4.29. The maximum absolute atomic E-state index is 13.1. The molecule has 160 valence electrons. The molecule has 2 atom stereocenters. The number of aromatic nitrogens is 1. The van der Waals surface area contributed by atoms with Gasteiger partial charge in [0.25, 0.3) is 0 Å². The molecule has 0 amide bonds. The normalized spacial score (nSPS) is 25.1. The van der Waals surface area contributed by atoms with E-state index in [9.17, 15) is 8.42 Å². The van der Waals surface area contributed by atoms with Gasteiger partial charge in [0.15, 0.2) is 5.13 Å². The van der Waals surface area contributed by atoms with E-state index < -0.39 is 20.1 Å². The number of hydrogen-bond donors (Lipinski definition) is 0. The fourth-order valence-electron chi connectivity index (χ4n) is 3.57. The molecule has 0 spiro atoms. The summed E-state index contributed by atoms with van der Waals surface area (Å²) in [7, 11) is -3.55. The molecule has 30 heavy (non-hydrogen) atoms. The van der Waals surface area contributed by atoms with Crippen molar-refractivity contribution in [2.75, 3.05) is 31.1 Å². The Hall–Kier alpha value is -1.09. The summed E-state index contributed by atoms with van der Waals surface area (Å²) in [5, 5.41) is 3.04. The number of thiazole rings is 1. The SMILES string of the molecule is CC1(Cl)C=CC=CC1S(=O)(=O)N1CCN(c2nc(-c3ccc(Cl)c(Cl)c3)cs2)CC1. The van der Waals surface area contributed by atoms with E-state index in [2.05, 4.69) is 4.90 Å². The first-order valence-corrected chi connectivity index (χ1v) is 12.9. The Morgan fingerprint density at radius 2 is 1.87 bits per heavy atom. The molecule has 2 heterocycles. The molecule has 1 fully saturated rings. The Balaban J connectivity index is 1.45. The molecular weight excluding hydrogens is 485 g/mol. The monoisotopic (exact) mass is 503 g/mol. The van der Waals surface area contributed by atoms with Gasteiger partial charge in [-0.1, -0.05) is 53.6 Å². The number of hydrogen-bond acceptors (Lipinski definition) is 5. The van der Waals surface area contributed by atoms with E-state index in [0.717, 1.165) is 16.4 Å². The number of rotatable bonds is 4. The van der Waals surface area contributed by atoms with Crippen LogP contribution < -0.4 is 4.90 Å². The summed E-state index contributed by atoms with van der Waals surface area (Å²) in [5.74, 6) is 0. The van der Waals surface area contributed by atoms with Gasteiger partial charge in [-0.2, -0.15) is 4.31 Å². The molecule has 2 aromatic rings. The second-order valence-corrected chi connectivity index (χ2v) is 11.9. The number of benzene rings is 1. The highest BCUT2D eigenvalue weighted by Crippen LogP contribution is 2.34. The Labute approximate surface area is 195 Å². The lowest BCUT2D eigenvalue weighted by Gasteiger charge is -2.38. The highest BCUT2D eigenvalue weighted by atomic mass is 35.5. The predicted molar refractivity (Wildman–Crippen MR) is 127 cm³/mol. The first kappa shape index (κ1) is 22.1. The van der Waals surface area contributed by atoms with Crippen molar-refractivity contribution in [1.29, 1.82) is 0 Å². The summed E-state index contributed by atoms with van der Waals surface area (Å²) in [5.41, 5.74) is 1.72. The molecule has 0 N–H and O–H groups in total. The summed E-state index contributed by atoms with van der Waals surface area (Å²) in [6, 6.07) is 5.43. The zero-order chi connectivity index (χ0) is 21.5. The van der Waals surface area contributed by atoms with Crippen LogP contribution in [0.4, 0.5) is 5.13 Å². The van der Waals surface area contributed by atoms with Crippen molar-refractivity contribution in [3.05, 3.63) is 57.9 Å². The van der Waals surface area contributed by atoms with E-state index in [4.69, 9.17) is 39.8 Å². The summed E-state index contributed by atoms with van der Waals surface area (Å²) in [6.07, 6.45) is 6.92. The van der Waals surface area contributed by atoms with Gasteiger partial charge in [0.2, 0.25) is 10.0 Å². The van der Waals surface area contributed by atoms with Gasteiger partial charge in [-0.25, -0.2) is 13.4 Å². The molecule has 2 unspecified atom stereocenters. The van der Waals surface area contributed by atoms with Crippen molar-refractivity contribution >= 4 is 61.3 Å². The van der Waals surface area contributed by atoms with Crippen molar-refractivity contribution < 1.29 is 8.42 Å². The van der Waals surface area contributed by atoms with E-state index in [-0.39, 0.29) is 0 Å². The third-order valence-electron chi connectivity index (χ3n) is 5.27. The first-order valence-electron chi connectivity index (χ1n) is 9.38. The van der Waals surface area contributed by atoms with Crippen LogP contribution in [0.2, 0.25) is 10.0 Å². The quantitative estimate of drug-likeness (QED) is 0.546. The van der Waals surface area contributed by atoms with Gasteiger partial charge in [-0.3, -0.25) is 0 Å². The maximum atomic E-state index is 13.1. The lowest BCUT2D eigenvalue weighted by atomic mass is 10.0. The van der Waals surface area contributed by atoms with Crippen LogP contribution in [-0.2, 0) is 10.0 Å². The minimum Gasteiger partial charge on any atom is -0.345 e. The fraction of sp³-hybridized carbons (Fsp3) is 0.350. The second kappa shape index (κ2) is 8.45. The molecular formula is C20H20Cl3N3O2S2. The van der Waals surface area contributed by atoms with Crippen molar-refractivity contribution in [1.82, 2.24) is 9.29 Å². The van der Waals surface area contributed by atoms with E-state index >= 15 is 0 Å². The van der Waals surface area contributed by atoms with Gasteiger partial charge in [-0.05, 0) is 19.1 Å². The van der Waals surface area contributed by atoms with Crippen LogP contribution in [-0.4, -0.2) is 54.0 Å². The Morgan fingerprint density at radius 3 is 2.53 bits per heavy atom. The van der Waals surface area contributed by atoms with Crippen LogP contribution in [0.25, 0.3) is 11.3 Å². The predicted octanol–water partition coefficient (Wildman–Crippen LogP) is 5.06. The molecule has 2 aliphatic rings. The highest BCUT2D eigenvalue weighted by molar-refractivity contribution is 7.90. The average molecular weight is 505 g/mol. The number of halogens is 3. The Kier molecular flexibility index (Phi) is 6.23. The number of anilines is 1. The van der Waals surface area contributed by atoms with E-state index in [1.165, 1.54) is 15.6 Å². The second-order valence-electron chi connectivity index (χ2n) is 7.39. The zero-order valence-corrected chi connectivity index (χ0v) is 20.0. The molecule has 1 aromatic heterocycles. The fourth-order valence-corrected chi connectivity index (χ4v) is 7.19. The standard InChI is InChI=1S/C20H20Cl3N3O2S2/c1-20(23)7-3-2-4-18(20)30(27,28)26-10-8-25(9-11-26)19-24-17(13-29-19)14-5-6-15(21)16(22)12-14/h2-7,12-13,18H,8-11H2,1H3. The van der Waals surface area contributed by atoms with E-state index in [1.54, 1.807) is 43.4 Å². The first-order chi connectivity index (χ1) is 14.2. The maximum Gasteiger partial charge on any atom is 0.222 e. The molecule has 5 nitrogen and oxygen atoms in total. The van der Waals surface area contributed by atoms with Crippen LogP contribution in [0.5, 0.6) is 0 Å². The van der Waals surface area contributed by atoms with Crippen molar-refractivity contribution in [2.24, 2.45) is 0 Å². The summed E-state index contributed by atoms with van der Waals surface area (Å²) in [6.45, 7) is 3.65. The molecule has 0 radical (unpaired) electrons. The number of sulfonamides is 1. The molecule has 1 aromatic carbocycles. The summed E-state index contributed by atoms with van der Waals surface area (Å²) in [4.78, 5) is 5.86. The molecule has 1 aliphatic heterocycles. The van der Waals surface area contributed by atoms with Crippen LogP contribution in [0, 0.1) is 0 Å². The topological polar surface area (TPSA) is 53.5 Å². The molecule has 0 saturated carbocycles. The zero-order valence-electron chi connectivity index (χ0n) is 16.1. The van der Waals surface area contributed by atoms with Gasteiger partial charge in [0.05, 0.1) is 20.6 Å². The molecule has 1 saturated heterocycles. The van der Waals surface area contributed by atoms with Crippen molar-refractivity contribution in [3.8, 4) is 11.3 Å². The van der Waals surface area contributed by atoms with Gasteiger partial charge in [0, 0.05) is 37.1 Å². The lowest BCUT2D eigenvalue weighted by Crippen LogP contribution is -2.54. The van der Waals surface area contributed by atoms with Crippen LogP contribution in [0.3, 0.4) is 0 Å². The van der Waals surface area contributed by atoms with Crippen LogP contribution >= 0.6 is 46.1 Å². The van der Waals surface area contributed by atoms with Crippen molar-refractivity contribution in [3.63, 3.8) is 0 Å². The van der Waals surface area contributed by atoms with Gasteiger partial charge < -0.3 is 4.90 Å². The van der Waals surface area contributed by atoms with E-state index in [1.807, 2.05) is 11.4 Å². The molecule has 0 bridgehead atoms. The Bertz CT molecular complexity index is 1100. The highest BCUT2D eigenvalue weighted by Gasteiger charge is 2.43. The van der Waals surface area contributed by atoms with Gasteiger partial charge in [-0.15, -0.1) is 22.9 Å². The molecule has 1 aliphatic carbocycles. The molecule has 4 rings (SSSR count). The minimum atomic E-state index is -3.55. The van der Waals surface area contributed by atoms with Gasteiger partial charge in [0.1, 0.15) is 5.25 Å². The number of nitrogens with zero attached hydrogens (tertiary/aromatic N) is 3. The number of piperazine rings is 1. The third-order valence-corrected chi connectivity index (χ3v) is 9.78. The van der Waals surface area contributed by atoms with Crippen molar-refractivity contribution in [2.45, 2.75) is 17.0 Å². The van der Waals surface area contributed by atoms with Gasteiger partial charge >= 0.3 is 0 Å². The van der Waals surface area contributed by atoms with Crippen LogP contribution in [0.15, 0.2) is 47.9 Å². The average Bonchev–Trinajstić information content (AvgIpc) is 3.20. The largest absolute Gasteiger partial charge is 0.345 e. The summed E-state index contributed by atoms with van der Waals surface area (Å²) >= 11 is 20.1. The van der Waals surface area contributed by atoms with Crippen LogP contribution in [0.1, 0.15) is 6.92 Å². The number of allylic oxidation sites excluding steroid dienone is 3. The summed E-state index contributed by atoms with van der Waals surface area (Å²) < 4.78 is 27.8. The molecule has 10 heteroatoms. The Morgan fingerprint density at radius 1 is 1.13 bits per heavy atom.